The van der Waals surface area contributed by atoms with Gasteiger partial charge in [0.25, 0.3) is 0 Å². The maximum absolute atomic E-state index is 12.3. The third-order valence-corrected chi connectivity index (χ3v) is 5.66. The fourth-order valence-electron chi connectivity index (χ4n) is 2.12. The smallest absolute Gasteiger partial charge is 0.241 e. The minimum atomic E-state index is -3.57. The summed E-state index contributed by atoms with van der Waals surface area (Å²) in [5.41, 5.74) is 0. The summed E-state index contributed by atoms with van der Waals surface area (Å²) in [5, 5.41) is 2.17. The molecule has 1 fully saturated rings. The zero-order valence-corrected chi connectivity index (χ0v) is 13.6. The molecule has 8 heteroatoms. The van der Waals surface area contributed by atoms with E-state index in [0.717, 1.165) is 25.9 Å². The van der Waals surface area contributed by atoms with Crippen LogP contribution in [-0.4, -0.2) is 69.1 Å². The lowest BCUT2D eigenvalue weighted by atomic mass is 10.1. The zero-order valence-electron chi connectivity index (χ0n) is 11.9. The number of hydrogen-bond donors (Lipinski definition) is 1. The van der Waals surface area contributed by atoms with Gasteiger partial charge in [-0.05, 0) is 32.9 Å². The van der Waals surface area contributed by atoms with E-state index < -0.39 is 15.3 Å². The van der Waals surface area contributed by atoms with Crippen LogP contribution in [0.25, 0.3) is 0 Å². The molecule has 1 rings (SSSR count). The highest BCUT2D eigenvalue weighted by molar-refractivity contribution is 7.90. The first-order valence-electron chi connectivity index (χ1n) is 6.17. The molecule has 0 aliphatic carbocycles. The van der Waals surface area contributed by atoms with Crippen molar-refractivity contribution in [1.82, 2.24) is 14.5 Å². The average molecular weight is 314 g/mol. The number of nitrogens with zero attached hydrogens (tertiary/aromatic N) is 2. The molecule has 1 aliphatic heterocycles. The van der Waals surface area contributed by atoms with Gasteiger partial charge in [-0.25, -0.2) is 12.7 Å². The second-order valence-corrected chi connectivity index (χ2v) is 7.23. The number of piperidine rings is 1. The molecule has 19 heavy (non-hydrogen) atoms. The van der Waals surface area contributed by atoms with Gasteiger partial charge in [0.1, 0.15) is 0 Å². The van der Waals surface area contributed by atoms with E-state index in [2.05, 4.69) is 5.32 Å². The van der Waals surface area contributed by atoms with Gasteiger partial charge in [0, 0.05) is 27.2 Å². The quantitative estimate of drug-likeness (QED) is 0.787. The van der Waals surface area contributed by atoms with Gasteiger partial charge in [-0.2, -0.15) is 0 Å². The summed E-state index contributed by atoms with van der Waals surface area (Å²) in [4.78, 5) is 13.1. The monoisotopic (exact) mass is 313 g/mol. The van der Waals surface area contributed by atoms with Gasteiger partial charge in [-0.1, -0.05) is 0 Å². The third-order valence-electron chi connectivity index (χ3n) is 3.46. The maximum atomic E-state index is 12.3. The molecule has 1 aliphatic rings. The van der Waals surface area contributed by atoms with Crippen LogP contribution in [-0.2, 0) is 14.8 Å². The summed E-state index contributed by atoms with van der Waals surface area (Å²) in [6, 6.07) is -0.00587. The summed E-state index contributed by atoms with van der Waals surface area (Å²) in [6.45, 7) is 3.09. The van der Waals surface area contributed by atoms with E-state index in [1.807, 2.05) is 0 Å². The van der Waals surface area contributed by atoms with Crippen molar-refractivity contribution < 1.29 is 13.2 Å². The Kier molecular flexibility index (Phi) is 7.28. The van der Waals surface area contributed by atoms with E-state index in [9.17, 15) is 13.2 Å². The van der Waals surface area contributed by atoms with Crippen molar-refractivity contribution in [3.05, 3.63) is 0 Å². The Morgan fingerprint density at radius 2 is 1.68 bits per heavy atom. The van der Waals surface area contributed by atoms with Crippen molar-refractivity contribution >= 4 is 28.3 Å². The van der Waals surface area contributed by atoms with E-state index in [0.29, 0.717) is 0 Å². The van der Waals surface area contributed by atoms with Gasteiger partial charge in [0.2, 0.25) is 15.9 Å². The highest BCUT2D eigenvalue weighted by Crippen LogP contribution is 2.18. The minimum absolute atomic E-state index is 0. The van der Waals surface area contributed by atoms with Crippen LogP contribution in [0.3, 0.4) is 0 Å². The van der Waals surface area contributed by atoms with E-state index >= 15 is 0 Å². The molecule has 0 radical (unpaired) electrons. The molecule has 1 saturated heterocycles. The number of carbonyl (C=O) groups excluding carboxylic acids is 1. The maximum Gasteiger partial charge on any atom is 0.241 e. The number of rotatable bonds is 4. The molecule has 6 nitrogen and oxygen atoms in total. The molecule has 1 unspecified atom stereocenters. The Labute approximate surface area is 122 Å². The lowest BCUT2D eigenvalue weighted by molar-refractivity contribution is -0.128. The number of sulfonamides is 1. The van der Waals surface area contributed by atoms with Crippen LogP contribution >= 0.6 is 12.4 Å². The Hall–Kier alpha value is -0.370. The fraction of sp³-hybridized carbons (Fsp3) is 0.909. The molecule has 0 bridgehead atoms. The van der Waals surface area contributed by atoms with Crippen LogP contribution < -0.4 is 5.32 Å². The molecule has 0 aromatic carbocycles. The molecular weight excluding hydrogens is 290 g/mol. The van der Waals surface area contributed by atoms with Crippen LogP contribution in [0.5, 0.6) is 0 Å². The van der Waals surface area contributed by atoms with Gasteiger partial charge >= 0.3 is 0 Å². The molecular formula is C11H24ClN3O3S. The van der Waals surface area contributed by atoms with Crippen LogP contribution in [0.15, 0.2) is 0 Å². The highest BCUT2D eigenvalue weighted by Gasteiger charge is 2.36. The summed E-state index contributed by atoms with van der Waals surface area (Å²) in [7, 11) is 1.14. The summed E-state index contributed by atoms with van der Waals surface area (Å²) >= 11 is 0. The number of halogens is 1. The van der Waals surface area contributed by atoms with Crippen molar-refractivity contribution in [3.63, 3.8) is 0 Å². The van der Waals surface area contributed by atoms with Crippen LogP contribution in [0.2, 0.25) is 0 Å². The number of hydrogen-bond acceptors (Lipinski definition) is 4. The first-order valence-corrected chi connectivity index (χ1v) is 7.67. The first-order chi connectivity index (χ1) is 8.28. The SMILES string of the molecule is CC(C(=O)N(C)C)S(=O)(=O)N(C)C1CCNCC1.Cl. The van der Waals surface area contributed by atoms with Crippen molar-refractivity contribution in [2.45, 2.75) is 31.1 Å². The minimum Gasteiger partial charge on any atom is -0.348 e. The highest BCUT2D eigenvalue weighted by atomic mass is 35.5. The predicted octanol–water partition coefficient (Wildman–Crippen LogP) is -0.101. The second kappa shape index (κ2) is 7.42. The van der Waals surface area contributed by atoms with Crippen molar-refractivity contribution in [3.8, 4) is 0 Å². The lowest BCUT2D eigenvalue weighted by Crippen LogP contribution is -2.49. The van der Waals surface area contributed by atoms with Gasteiger partial charge in [-0.15, -0.1) is 12.4 Å². The van der Waals surface area contributed by atoms with Gasteiger partial charge in [0.05, 0.1) is 0 Å². The molecule has 0 aromatic heterocycles. The van der Waals surface area contributed by atoms with E-state index in [1.54, 1.807) is 21.1 Å². The topological polar surface area (TPSA) is 69.7 Å². The predicted molar refractivity (Wildman–Crippen MR) is 78.0 cm³/mol. The van der Waals surface area contributed by atoms with Crippen molar-refractivity contribution in [1.29, 1.82) is 0 Å². The van der Waals surface area contributed by atoms with Crippen LogP contribution in [0.4, 0.5) is 0 Å². The van der Waals surface area contributed by atoms with Gasteiger partial charge in [0.15, 0.2) is 5.25 Å². The number of carbonyl (C=O) groups is 1. The Balaban J connectivity index is 0.00000324. The third kappa shape index (κ3) is 4.30. The van der Waals surface area contributed by atoms with Crippen molar-refractivity contribution in [2.24, 2.45) is 0 Å². The van der Waals surface area contributed by atoms with Gasteiger partial charge < -0.3 is 10.2 Å². The van der Waals surface area contributed by atoms with Gasteiger partial charge in [-0.3, -0.25) is 4.79 Å². The largest absolute Gasteiger partial charge is 0.348 e. The Bertz CT molecular complexity index is 394. The molecule has 1 amide bonds. The molecule has 114 valence electrons. The Morgan fingerprint density at radius 1 is 1.21 bits per heavy atom. The van der Waals surface area contributed by atoms with Crippen molar-refractivity contribution in [2.75, 3.05) is 34.2 Å². The van der Waals surface area contributed by atoms with E-state index in [-0.39, 0.29) is 24.4 Å². The Morgan fingerprint density at radius 3 is 2.11 bits per heavy atom. The lowest BCUT2D eigenvalue weighted by Gasteiger charge is -2.32. The average Bonchev–Trinajstić information content (AvgIpc) is 2.36. The zero-order chi connectivity index (χ0) is 13.9. The molecule has 0 aromatic rings. The normalized spacial score (nSPS) is 18.8. The summed E-state index contributed by atoms with van der Waals surface area (Å²) in [6.07, 6.45) is 1.58. The molecule has 0 spiro atoms. The number of amides is 1. The molecule has 1 heterocycles. The molecule has 1 N–H and O–H groups in total. The first kappa shape index (κ1) is 18.6. The second-order valence-electron chi connectivity index (χ2n) is 4.92. The van der Waals surface area contributed by atoms with Crippen LogP contribution in [0.1, 0.15) is 19.8 Å². The number of nitrogens with one attached hydrogen (secondary N) is 1. The molecule has 1 atom stereocenters. The van der Waals surface area contributed by atoms with Crippen LogP contribution in [0, 0.1) is 0 Å². The fourth-order valence-corrected chi connectivity index (χ4v) is 3.71. The van der Waals surface area contributed by atoms with E-state index in [1.165, 1.54) is 16.1 Å². The summed E-state index contributed by atoms with van der Waals surface area (Å²) < 4.78 is 26.0. The molecule has 0 saturated carbocycles. The van der Waals surface area contributed by atoms with E-state index in [4.69, 9.17) is 0 Å². The summed E-state index contributed by atoms with van der Waals surface area (Å²) in [5.74, 6) is -0.379. The standard InChI is InChI=1S/C11H23N3O3S.ClH/c1-9(11(15)13(2)3)18(16,17)14(4)10-5-7-12-8-6-10;/h9-10,12H,5-8H2,1-4H3;1H.